The van der Waals surface area contributed by atoms with Crippen molar-refractivity contribution in [1.29, 1.82) is 0 Å². The molecule has 0 radical (unpaired) electrons. The summed E-state index contributed by atoms with van der Waals surface area (Å²) in [7, 11) is 0. The molecule has 0 amide bonds. The molecule has 1 aliphatic carbocycles. The van der Waals surface area contributed by atoms with Crippen molar-refractivity contribution < 1.29 is 0 Å². The number of nitrogens with zero attached hydrogens (tertiary/aromatic N) is 2. The average molecular weight is 625 g/mol. The number of benzene rings is 8. The molecule has 0 aliphatic heterocycles. The molecule has 10 rings (SSSR count). The number of hydrogen-bond acceptors (Lipinski definition) is 2. The van der Waals surface area contributed by atoms with Crippen molar-refractivity contribution in [3.05, 3.63) is 169 Å². The number of hydrogen-bond donors (Lipinski definition) is 0. The maximum absolute atomic E-state index is 5.14. The van der Waals surface area contributed by atoms with Gasteiger partial charge < -0.3 is 0 Å². The first-order chi connectivity index (χ1) is 24.0. The second-order valence-corrected chi connectivity index (χ2v) is 13.8. The molecule has 0 N–H and O–H groups in total. The van der Waals surface area contributed by atoms with Crippen molar-refractivity contribution in [2.45, 2.75) is 19.3 Å². The van der Waals surface area contributed by atoms with E-state index in [2.05, 4.69) is 159 Å². The van der Waals surface area contributed by atoms with Crippen molar-refractivity contribution in [2.24, 2.45) is 0 Å². The fourth-order valence-corrected chi connectivity index (χ4v) is 8.17. The van der Waals surface area contributed by atoms with Crippen LogP contribution in [0.3, 0.4) is 0 Å². The molecule has 49 heavy (non-hydrogen) atoms. The van der Waals surface area contributed by atoms with E-state index < -0.39 is 0 Å². The lowest BCUT2D eigenvalue weighted by atomic mass is 9.80. The Hall–Kier alpha value is -6.12. The van der Waals surface area contributed by atoms with Crippen molar-refractivity contribution in [1.82, 2.24) is 9.97 Å². The zero-order valence-corrected chi connectivity index (χ0v) is 27.4. The predicted molar refractivity (Wildman–Crippen MR) is 206 cm³/mol. The predicted octanol–water partition coefficient (Wildman–Crippen LogP) is 12.4. The topological polar surface area (TPSA) is 25.8 Å². The molecule has 9 aromatic rings. The van der Waals surface area contributed by atoms with Crippen LogP contribution in [-0.4, -0.2) is 9.97 Å². The summed E-state index contributed by atoms with van der Waals surface area (Å²) in [5.74, 6) is 0.736. The van der Waals surface area contributed by atoms with Crippen LogP contribution in [0.25, 0.3) is 88.1 Å². The first-order valence-corrected chi connectivity index (χ1v) is 17.0. The van der Waals surface area contributed by atoms with Gasteiger partial charge in [-0.15, -0.1) is 0 Å². The van der Waals surface area contributed by atoms with Gasteiger partial charge in [-0.1, -0.05) is 141 Å². The quantitative estimate of drug-likeness (QED) is 0.183. The molecule has 2 heteroatoms. The maximum Gasteiger partial charge on any atom is 0.160 e. The SMILES string of the molecule is CC1(C)c2cc(-c3cccc(-c4nc(-c5ccccc5)c5ccccc5n4)c3)ccc2-c2cc3c4ccccc4c4ccccc4c3cc21. The summed E-state index contributed by atoms with van der Waals surface area (Å²) in [4.78, 5) is 10.2. The highest BCUT2D eigenvalue weighted by Crippen LogP contribution is 2.52. The van der Waals surface area contributed by atoms with Crippen LogP contribution in [0, 0.1) is 0 Å². The zero-order valence-electron chi connectivity index (χ0n) is 27.4. The van der Waals surface area contributed by atoms with Crippen LogP contribution in [0.1, 0.15) is 25.0 Å². The van der Waals surface area contributed by atoms with Crippen molar-refractivity contribution in [3.8, 4) is 44.9 Å². The summed E-state index contributed by atoms with van der Waals surface area (Å²) < 4.78 is 0. The van der Waals surface area contributed by atoms with Gasteiger partial charge in [0.1, 0.15) is 0 Å². The minimum Gasteiger partial charge on any atom is -0.228 e. The highest BCUT2D eigenvalue weighted by Gasteiger charge is 2.36. The Kier molecular flexibility index (Phi) is 5.95. The Morgan fingerprint density at radius 3 is 1.65 bits per heavy atom. The van der Waals surface area contributed by atoms with E-state index in [1.165, 1.54) is 60.1 Å². The third-order valence-electron chi connectivity index (χ3n) is 10.6. The lowest BCUT2D eigenvalue weighted by Crippen LogP contribution is -2.15. The van der Waals surface area contributed by atoms with Crippen LogP contribution < -0.4 is 0 Å². The lowest BCUT2D eigenvalue weighted by molar-refractivity contribution is 0.661. The minimum atomic E-state index is -0.148. The first-order valence-electron chi connectivity index (χ1n) is 17.0. The molecule has 8 aromatic carbocycles. The van der Waals surface area contributed by atoms with E-state index >= 15 is 0 Å². The van der Waals surface area contributed by atoms with Gasteiger partial charge in [0.2, 0.25) is 0 Å². The molecule has 230 valence electrons. The summed E-state index contributed by atoms with van der Waals surface area (Å²) in [5, 5.41) is 8.95. The van der Waals surface area contributed by atoms with E-state index in [1.807, 2.05) is 12.1 Å². The van der Waals surface area contributed by atoms with Crippen LogP contribution in [-0.2, 0) is 5.41 Å². The van der Waals surface area contributed by atoms with Crippen molar-refractivity contribution in [2.75, 3.05) is 0 Å². The Labute approximate surface area is 285 Å². The van der Waals surface area contributed by atoms with Crippen LogP contribution in [0.15, 0.2) is 158 Å². The molecule has 0 atom stereocenters. The molecule has 0 saturated heterocycles. The van der Waals surface area contributed by atoms with E-state index in [0.717, 1.165) is 39.1 Å². The Bertz CT molecular complexity index is 2790. The van der Waals surface area contributed by atoms with Gasteiger partial charge in [0, 0.05) is 21.9 Å². The van der Waals surface area contributed by atoms with Crippen LogP contribution in [0.4, 0.5) is 0 Å². The highest BCUT2D eigenvalue weighted by atomic mass is 14.9. The fourth-order valence-electron chi connectivity index (χ4n) is 8.17. The van der Waals surface area contributed by atoms with Gasteiger partial charge in [-0.3, -0.25) is 0 Å². The number of rotatable bonds is 3. The minimum absolute atomic E-state index is 0.148. The van der Waals surface area contributed by atoms with Crippen LogP contribution in [0.2, 0.25) is 0 Å². The lowest BCUT2D eigenvalue weighted by Gasteiger charge is -2.23. The van der Waals surface area contributed by atoms with Gasteiger partial charge in [0.05, 0.1) is 11.2 Å². The second kappa shape index (κ2) is 10.4. The third kappa shape index (κ3) is 4.20. The molecule has 1 heterocycles. The Morgan fingerprint density at radius 1 is 0.367 bits per heavy atom. The van der Waals surface area contributed by atoms with Gasteiger partial charge in [-0.25, -0.2) is 9.97 Å². The Morgan fingerprint density at radius 2 is 0.918 bits per heavy atom. The van der Waals surface area contributed by atoms with Crippen LogP contribution in [0.5, 0.6) is 0 Å². The van der Waals surface area contributed by atoms with E-state index in [9.17, 15) is 0 Å². The van der Waals surface area contributed by atoms with E-state index in [4.69, 9.17) is 9.97 Å². The normalized spacial score (nSPS) is 13.3. The van der Waals surface area contributed by atoms with Gasteiger partial charge in [-0.05, 0) is 96.0 Å². The fraction of sp³-hybridized carbons (Fsp3) is 0.0638. The molecule has 1 aliphatic rings. The summed E-state index contributed by atoms with van der Waals surface area (Å²) in [5.41, 5.74) is 11.6. The number of para-hydroxylation sites is 1. The van der Waals surface area contributed by atoms with Crippen molar-refractivity contribution in [3.63, 3.8) is 0 Å². The number of aromatic nitrogens is 2. The monoisotopic (exact) mass is 624 g/mol. The Balaban J connectivity index is 1.11. The zero-order chi connectivity index (χ0) is 32.7. The maximum atomic E-state index is 5.14. The van der Waals surface area contributed by atoms with Gasteiger partial charge in [0.15, 0.2) is 5.82 Å². The van der Waals surface area contributed by atoms with E-state index in [-0.39, 0.29) is 5.41 Å². The first kappa shape index (κ1) is 27.9. The summed E-state index contributed by atoms with van der Waals surface area (Å²) in [6.45, 7) is 4.75. The molecule has 0 bridgehead atoms. The molecular formula is C47H32N2. The van der Waals surface area contributed by atoms with E-state index in [1.54, 1.807) is 0 Å². The average Bonchev–Trinajstić information content (AvgIpc) is 3.39. The molecular weight excluding hydrogens is 593 g/mol. The number of fused-ring (bicyclic) bond motifs is 10. The highest BCUT2D eigenvalue weighted by molar-refractivity contribution is 6.26. The summed E-state index contributed by atoms with van der Waals surface area (Å²) >= 11 is 0. The molecule has 0 unspecified atom stereocenters. The molecule has 1 aromatic heterocycles. The van der Waals surface area contributed by atoms with Crippen LogP contribution >= 0.6 is 0 Å². The molecule has 0 spiro atoms. The second-order valence-electron chi connectivity index (χ2n) is 13.8. The van der Waals surface area contributed by atoms with Crippen molar-refractivity contribution >= 4 is 43.2 Å². The summed E-state index contributed by atoms with van der Waals surface area (Å²) in [6.07, 6.45) is 0. The largest absolute Gasteiger partial charge is 0.228 e. The third-order valence-corrected chi connectivity index (χ3v) is 10.6. The van der Waals surface area contributed by atoms with Gasteiger partial charge in [0.25, 0.3) is 0 Å². The molecule has 0 fully saturated rings. The van der Waals surface area contributed by atoms with Gasteiger partial charge >= 0.3 is 0 Å². The standard InChI is InChI=1S/C47H32N2/c1-47(2)42-26-31(30-15-12-16-32(25-30)46-48-44-22-11-10-21-38(44)45(49-46)29-13-4-3-5-14-29)23-24-37(42)41-27-39-35-19-8-6-17-33(35)34-18-7-9-20-36(34)40(39)28-43(41)47/h3-28H,1-2H3. The van der Waals surface area contributed by atoms with E-state index in [0.29, 0.717) is 0 Å². The smallest absolute Gasteiger partial charge is 0.160 e. The molecule has 2 nitrogen and oxygen atoms in total. The van der Waals surface area contributed by atoms with Gasteiger partial charge in [-0.2, -0.15) is 0 Å². The summed E-state index contributed by atoms with van der Waals surface area (Å²) in [6, 6.07) is 57.0. The molecule has 0 saturated carbocycles.